The lowest BCUT2D eigenvalue weighted by molar-refractivity contribution is 0.574. The van der Waals surface area contributed by atoms with Gasteiger partial charge in [-0.2, -0.15) is 0 Å². The third-order valence-electron chi connectivity index (χ3n) is 2.91. The van der Waals surface area contributed by atoms with Crippen molar-refractivity contribution in [2.45, 2.75) is 17.4 Å². The molecule has 20 heavy (non-hydrogen) atoms. The number of nitrogens with two attached hydrogens (primary N) is 1. The standard InChI is InChI=1S/C15H16ClFN2S/c16-15-9-12(17)7-6-11(15)8-13(19-18)10-20-14-4-2-1-3-5-14/h1-7,9,13,19H,8,10,18H2. The van der Waals surface area contributed by atoms with Gasteiger partial charge in [0.25, 0.3) is 0 Å². The Morgan fingerprint density at radius 3 is 2.60 bits per heavy atom. The first-order chi connectivity index (χ1) is 9.69. The van der Waals surface area contributed by atoms with Gasteiger partial charge < -0.3 is 0 Å². The van der Waals surface area contributed by atoms with E-state index in [4.69, 9.17) is 17.4 Å². The summed E-state index contributed by atoms with van der Waals surface area (Å²) in [5.74, 6) is 6.07. The molecule has 0 aliphatic rings. The van der Waals surface area contributed by atoms with Gasteiger partial charge in [-0.1, -0.05) is 35.9 Å². The highest BCUT2D eigenvalue weighted by molar-refractivity contribution is 7.99. The third-order valence-corrected chi connectivity index (χ3v) is 4.44. The van der Waals surface area contributed by atoms with E-state index in [1.54, 1.807) is 17.8 Å². The van der Waals surface area contributed by atoms with E-state index in [0.29, 0.717) is 11.4 Å². The van der Waals surface area contributed by atoms with Crippen molar-refractivity contribution >= 4 is 23.4 Å². The average molecular weight is 311 g/mol. The van der Waals surface area contributed by atoms with E-state index in [1.807, 2.05) is 18.2 Å². The Hall–Kier alpha value is -1.07. The van der Waals surface area contributed by atoms with Gasteiger partial charge in [-0.05, 0) is 36.2 Å². The van der Waals surface area contributed by atoms with E-state index in [2.05, 4.69) is 17.6 Å². The van der Waals surface area contributed by atoms with Crippen LogP contribution >= 0.6 is 23.4 Å². The van der Waals surface area contributed by atoms with Crippen molar-refractivity contribution in [3.8, 4) is 0 Å². The number of halogens is 2. The fraction of sp³-hybridized carbons (Fsp3) is 0.200. The summed E-state index contributed by atoms with van der Waals surface area (Å²) in [6.45, 7) is 0. The molecule has 2 aromatic carbocycles. The number of hydrogen-bond acceptors (Lipinski definition) is 3. The minimum atomic E-state index is -0.324. The van der Waals surface area contributed by atoms with Crippen LogP contribution in [0.5, 0.6) is 0 Å². The fourth-order valence-corrected chi connectivity index (χ4v) is 3.03. The third kappa shape index (κ3) is 4.49. The van der Waals surface area contributed by atoms with Crippen LogP contribution in [-0.4, -0.2) is 11.8 Å². The first-order valence-electron chi connectivity index (χ1n) is 6.27. The van der Waals surface area contributed by atoms with Crippen molar-refractivity contribution in [3.05, 3.63) is 64.9 Å². The molecule has 2 aromatic rings. The minimum Gasteiger partial charge on any atom is -0.271 e. The Bertz CT molecular complexity index is 551. The zero-order valence-corrected chi connectivity index (χ0v) is 12.4. The highest BCUT2D eigenvalue weighted by Gasteiger charge is 2.11. The van der Waals surface area contributed by atoms with Crippen molar-refractivity contribution in [3.63, 3.8) is 0 Å². The van der Waals surface area contributed by atoms with Crippen molar-refractivity contribution in [1.82, 2.24) is 5.43 Å². The first-order valence-corrected chi connectivity index (χ1v) is 7.63. The number of thioether (sulfide) groups is 1. The van der Waals surface area contributed by atoms with Crippen LogP contribution < -0.4 is 11.3 Å². The van der Waals surface area contributed by atoms with Crippen molar-refractivity contribution in [2.24, 2.45) is 5.84 Å². The Labute approximate surface area is 127 Å². The number of nitrogens with one attached hydrogen (secondary N) is 1. The molecule has 0 radical (unpaired) electrons. The summed E-state index contributed by atoms with van der Waals surface area (Å²) in [5, 5.41) is 0.440. The lowest BCUT2D eigenvalue weighted by Gasteiger charge is -2.16. The van der Waals surface area contributed by atoms with Gasteiger partial charge in [-0.25, -0.2) is 4.39 Å². The average Bonchev–Trinajstić information content (AvgIpc) is 2.46. The van der Waals surface area contributed by atoms with Crippen molar-refractivity contribution in [1.29, 1.82) is 0 Å². The number of hydrazine groups is 1. The Morgan fingerprint density at radius 2 is 1.95 bits per heavy atom. The number of benzene rings is 2. The molecule has 0 aromatic heterocycles. The van der Waals surface area contributed by atoms with Gasteiger partial charge in [-0.3, -0.25) is 11.3 Å². The SMILES string of the molecule is NNC(CSc1ccccc1)Cc1ccc(F)cc1Cl. The maximum absolute atomic E-state index is 13.0. The van der Waals surface area contributed by atoms with Gasteiger partial charge in [-0.15, -0.1) is 11.8 Å². The van der Waals surface area contributed by atoms with E-state index in [9.17, 15) is 4.39 Å². The van der Waals surface area contributed by atoms with Crippen molar-refractivity contribution < 1.29 is 4.39 Å². The maximum Gasteiger partial charge on any atom is 0.124 e. The summed E-state index contributed by atoms with van der Waals surface area (Å²) in [6, 6.07) is 14.6. The Balaban J connectivity index is 1.95. The fourth-order valence-electron chi connectivity index (χ4n) is 1.83. The number of rotatable bonds is 6. The summed E-state index contributed by atoms with van der Waals surface area (Å²) in [7, 11) is 0. The smallest absolute Gasteiger partial charge is 0.124 e. The molecule has 2 rings (SSSR count). The molecule has 0 aliphatic heterocycles. The molecule has 0 spiro atoms. The highest BCUT2D eigenvalue weighted by Crippen LogP contribution is 2.22. The van der Waals surface area contributed by atoms with Crippen molar-refractivity contribution in [2.75, 3.05) is 5.75 Å². The predicted octanol–water partition coefficient (Wildman–Crippen LogP) is 3.65. The molecule has 2 nitrogen and oxygen atoms in total. The topological polar surface area (TPSA) is 38.0 Å². The Morgan fingerprint density at radius 1 is 1.20 bits per heavy atom. The van der Waals surface area contributed by atoms with E-state index < -0.39 is 0 Å². The van der Waals surface area contributed by atoms with Gasteiger partial charge in [0.05, 0.1) is 0 Å². The van der Waals surface area contributed by atoms with Gasteiger partial charge in [0.1, 0.15) is 5.82 Å². The molecule has 3 N–H and O–H groups in total. The molecule has 0 amide bonds. The van der Waals surface area contributed by atoms with Crippen LogP contribution in [-0.2, 0) is 6.42 Å². The van der Waals surface area contributed by atoms with Gasteiger partial charge in [0.2, 0.25) is 0 Å². The van der Waals surface area contributed by atoms with Crippen LogP contribution in [0.4, 0.5) is 4.39 Å². The number of hydrogen-bond donors (Lipinski definition) is 2. The summed E-state index contributed by atoms with van der Waals surface area (Å²) in [5.41, 5.74) is 3.68. The normalized spacial score (nSPS) is 12.3. The largest absolute Gasteiger partial charge is 0.271 e. The van der Waals surface area contributed by atoms with E-state index in [-0.39, 0.29) is 11.9 Å². The van der Waals surface area contributed by atoms with E-state index in [1.165, 1.54) is 17.0 Å². The molecule has 1 unspecified atom stereocenters. The van der Waals surface area contributed by atoms with Crippen LogP contribution in [0.3, 0.4) is 0 Å². The molecular weight excluding hydrogens is 295 g/mol. The van der Waals surface area contributed by atoms with E-state index >= 15 is 0 Å². The van der Waals surface area contributed by atoms with Crippen LogP contribution in [0, 0.1) is 5.82 Å². The first kappa shape index (κ1) is 15.3. The molecule has 0 aliphatic carbocycles. The molecule has 0 bridgehead atoms. The molecule has 0 saturated heterocycles. The monoisotopic (exact) mass is 310 g/mol. The van der Waals surface area contributed by atoms with Gasteiger partial charge in [0, 0.05) is 21.7 Å². The van der Waals surface area contributed by atoms with Crippen LogP contribution in [0.2, 0.25) is 5.02 Å². The molecule has 5 heteroatoms. The van der Waals surface area contributed by atoms with Crippen LogP contribution in [0.25, 0.3) is 0 Å². The van der Waals surface area contributed by atoms with Crippen LogP contribution in [0.1, 0.15) is 5.56 Å². The molecule has 0 heterocycles. The summed E-state index contributed by atoms with van der Waals surface area (Å²) >= 11 is 7.75. The molecule has 0 fully saturated rings. The maximum atomic E-state index is 13.0. The molecule has 0 saturated carbocycles. The quantitative estimate of drug-likeness (QED) is 0.486. The zero-order chi connectivity index (χ0) is 14.4. The predicted molar refractivity (Wildman–Crippen MR) is 83.4 cm³/mol. The summed E-state index contributed by atoms with van der Waals surface area (Å²) in [6.07, 6.45) is 0.662. The van der Waals surface area contributed by atoms with E-state index in [0.717, 1.165) is 11.3 Å². The molecular formula is C15H16ClFN2S. The van der Waals surface area contributed by atoms with Gasteiger partial charge in [0.15, 0.2) is 0 Å². The Kier molecular flexibility index (Phi) is 5.86. The second-order valence-corrected chi connectivity index (χ2v) is 5.93. The second kappa shape index (κ2) is 7.64. The summed E-state index contributed by atoms with van der Waals surface area (Å²) < 4.78 is 13.0. The molecule has 1 atom stereocenters. The second-order valence-electron chi connectivity index (χ2n) is 4.43. The zero-order valence-electron chi connectivity index (χ0n) is 10.9. The lowest BCUT2D eigenvalue weighted by atomic mass is 10.1. The summed E-state index contributed by atoms with van der Waals surface area (Å²) in [4.78, 5) is 1.19. The molecule has 106 valence electrons. The van der Waals surface area contributed by atoms with Crippen LogP contribution in [0.15, 0.2) is 53.4 Å². The highest BCUT2D eigenvalue weighted by atomic mass is 35.5. The minimum absolute atomic E-state index is 0.0724. The van der Waals surface area contributed by atoms with Gasteiger partial charge >= 0.3 is 0 Å². The lowest BCUT2D eigenvalue weighted by Crippen LogP contribution is -2.38.